The van der Waals surface area contributed by atoms with Crippen LogP contribution in [0.1, 0.15) is 30.1 Å². The number of amides is 1. The second-order valence-corrected chi connectivity index (χ2v) is 9.11. The highest BCUT2D eigenvalue weighted by Crippen LogP contribution is 2.31. The second-order valence-electron chi connectivity index (χ2n) is 9.11. The van der Waals surface area contributed by atoms with Gasteiger partial charge in [0.1, 0.15) is 5.82 Å². The van der Waals surface area contributed by atoms with Gasteiger partial charge < -0.3 is 25.4 Å². The van der Waals surface area contributed by atoms with Crippen molar-refractivity contribution >= 4 is 28.7 Å². The molecule has 0 bridgehead atoms. The van der Waals surface area contributed by atoms with Gasteiger partial charge in [-0.2, -0.15) is 9.97 Å². The average Bonchev–Trinajstić information content (AvgIpc) is 2.88. The zero-order chi connectivity index (χ0) is 23.7. The molecular weight excluding hydrogens is 432 g/mol. The van der Waals surface area contributed by atoms with E-state index in [0.29, 0.717) is 36.1 Å². The first kappa shape index (κ1) is 22.5. The third-order valence-electron chi connectivity index (χ3n) is 6.67. The van der Waals surface area contributed by atoms with Gasteiger partial charge in [0.05, 0.1) is 30.3 Å². The third kappa shape index (κ3) is 4.41. The Bertz CT molecular complexity index is 1200. The van der Waals surface area contributed by atoms with Crippen LogP contribution in [0.25, 0.3) is 22.3 Å². The molecule has 1 unspecified atom stereocenters. The van der Waals surface area contributed by atoms with Crippen LogP contribution in [0.3, 0.4) is 0 Å². The Labute approximate surface area is 198 Å². The Balaban J connectivity index is 1.62. The normalized spacial score (nSPS) is 21.1. The highest BCUT2D eigenvalue weighted by atomic mass is 16.5. The number of pyridine rings is 1. The average molecular weight is 463 g/mol. The molecule has 2 saturated heterocycles. The summed E-state index contributed by atoms with van der Waals surface area (Å²) in [6.07, 6.45) is 2.00. The van der Waals surface area contributed by atoms with Gasteiger partial charge >= 0.3 is 0 Å². The van der Waals surface area contributed by atoms with E-state index >= 15 is 0 Å². The molecule has 1 aromatic carbocycles. The van der Waals surface area contributed by atoms with E-state index in [1.807, 2.05) is 18.2 Å². The van der Waals surface area contributed by atoms with Crippen LogP contribution in [-0.2, 0) is 4.74 Å². The first-order valence-electron chi connectivity index (χ1n) is 11.8. The summed E-state index contributed by atoms with van der Waals surface area (Å²) in [4.78, 5) is 30.8. The number of aliphatic hydroxyl groups is 1. The van der Waals surface area contributed by atoms with Crippen molar-refractivity contribution in [3.05, 3.63) is 42.0 Å². The summed E-state index contributed by atoms with van der Waals surface area (Å²) >= 11 is 0. The Morgan fingerprint density at radius 3 is 2.88 bits per heavy atom. The minimum absolute atomic E-state index is 0.163. The second kappa shape index (κ2) is 9.52. The van der Waals surface area contributed by atoms with E-state index in [-0.39, 0.29) is 18.6 Å². The molecule has 5 rings (SSSR count). The molecule has 9 nitrogen and oxygen atoms in total. The van der Waals surface area contributed by atoms with E-state index in [4.69, 9.17) is 25.4 Å². The molecule has 2 aromatic heterocycles. The molecule has 2 fully saturated rings. The lowest BCUT2D eigenvalue weighted by atomic mass is 9.99. The molecule has 0 spiro atoms. The van der Waals surface area contributed by atoms with Gasteiger partial charge in [0.2, 0.25) is 11.9 Å². The van der Waals surface area contributed by atoms with Gasteiger partial charge in [-0.3, -0.25) is 4.79 Å². The van der Waals surface area contributed by atoms with Gasteiger partial charge in [-0.05, 0) is 49.9 Å². The maximum Gasteiger partial charge on any atom is 0.248 e. The van der Waals surface area contributed by atoms with E-state index in [9.17, 15) is 9.90 Å². The maximum atomic E-state index is 11.7. The summed E-state index contributed by atoms with van der Waals surface area (Å²) in [6.45, 7) is 5.90. The monoisotopic (exact) mass is 462 g/mol. The quantitative estimate of drug-likeness (QED) is 0.593. The number of benzene rings is 1. The zero-order valence-corrected chi connectivity index (χ0v) is 19.4. The van der Waals surface area contributed by atoms with Gasteiger partial charge in [0, 0.05) is 37.4 Å². The van der Waals surface area contributed by atoms with Crippen molar-refractivity contribution in [2.24, 2.45) is 11.7 Å². The first-order chi connectivity index (χ1) is 16.5. The summed E-state index contributed by atoms with van der Waals surface area (Å²) in [5, 5.41) is 10.6. The molecule has 178 valence electrons. The maximum absolute atomic E-state index is 11.7. The lowest BCUT2D eigenvalue weighted by Gasteiger charge is -2.36. The Morgan fingerprint density at radius 1 is 1.21 bits per heavy atom. The number of fused-ring (bicyclic) bond motifs is 1. The molecule has 9 heteroatoms. The van der Waals surface area contributed by atoms with E-state index in [1.54, 1.807) is 18.2 Å². The summed E-state index contributed by atoms with van der Waals surface area (Å²) in [7, 11) is 0. The number of piperidine rings is 1. The summed E-state index contributed by atoms with van der Waals surface area (Å²) in [6, 6.07) is 11.3. The molecule has 3 N–H and O–H groups in total. The molecule has 34 heavy (non-hydrogen) atoms. The summed E-state index contributed by atoms with van der Waals surface area (Å²) < 4.78 is 5.65. The van der Waals surface area contributed by atoms with Crippen molar-refractivity contribution in [1.82, 2.24) is 15.0 Å². The zero-order valence-electron chi connectivity index (χ0n) is 19.4. The SMILES string of the molecule is C[C@H]1COCCN1c1nc(N2CCCC(CO)C2)nc2nc(-c3cccc(C(N)=O)c3)ccc12. The van der Waals surface area contributed by atoms with Gasteiger partial charge in [0.25, 0.3) is 0 Å². The summed E-state index contributed by atoms with van der Waals surface area (Å²) in [5.74, 6) is 1.23. The van der Waals surface area contributed by atoms with Crippen molar-refractivity contribution in [1.29, 1.82) is 0 Å². The van der Waals surface area contributed by atoms with Crippen LogP contribution in [0.15, 0.2) is 36.4 Å². The number of ether oxygens (including phenoxy) is 1. The standard InChI is InChI=1S/C25H30N6O3/c1-16-15-34-11-10-31(16)24-20-7-8-21(18-5-2-6-19(12-18)22(26)33)27-23(20)28-25(29-24)30-9-3-4-17(13-30)14-32/h2,5-8,12,16-17,32H,3-4,9-11,13-15H2,1H3,(H2,26,33)/t16-,17?/m0/s1. The predicted octanol–water partition coefficient (Wildman–Crippen LogP) is 2.22. The lowest BCUT2D eigenvalue weighted by molar-refractivity contribution is 0.0986. The van der Waals surface area contributed by atoms with Crippen LogP contribution in [-0.4, -0.2) is 71.5 Å². The largest absolute Gasteiger partial charge is 0.396 e. The molecule has 1 amide bonds. The topological polar surface area (TPSA) is 118 Å². The molecule has 2 aliphatic rings. The first-order valence-corrected chi connectivity index (χ1v) is 11.8. The van der Waals surface area contributed by atoms with Gasteiger partial charge in [0.15, 0.2) is 5.65 Å². The van der Waals surface area contributed by atoms with E-state index in [0.717, 1.165) is 49.2 Å². The Kier molecular flexibility index (Phi) is 6.30. The molecule has 0 aliphatic carbocycles. The van der Waals surface area contributed by atoms with Crippen molar-refractivity contribution < 1.29 is 14.6 Å². The minimum atomic E-state index is -0.473. The number of rotatable bonds is 5. The number of carbonyl (C=O) groups excluding carboxylic acids is 1. The van der Waals surface area contributed by atoms with E-state index in [1.165, 1.54) is 0 Å². The number of nitrogens with zero attached hydrogens (tertiary/aromatic N) is 5. The van der Waals surface area contributed by atoms with Crippen LogP contribution in [0.5, 0.6) is 0 Å². The third-order valence-corrected chi connectivity index (χ3v) is 6.67. The van der Waals surface area contributed by atoms with Crippen LogP contribution in [0.2, 0.25) is 0 Å². The number of anilines is 2. The number of hydrogen-bond acceptors (Lipinski definition) is 8. The van der Waals surface area contributed by atoms with Gasteiger partial charge in [-0.25, -0.2) is 4.98 Å². The number of aliphatic hydroxyl groups excluding tert-OH is 1. The highest BCUT2D eigenvalue weighted by molar-refractivity contribution is 5.94. The van der Waals surface area contributed by atoms with Crippen molar-refractivity contribution in [2.45, 2.75) is 25.8 Å². The fourth-order valence-electron chi connectivity index (χ4n) is 4.77. The number of hydrogen-bond donors (Lipinski definition) is 2. The molecule has 0 saturated carbocycles. The van der Waals surface area contributed by atoms with Crippen LogP contribution in [0.4, 0.5) is 11.8 Å². The smallest absolute Gasteiger partial charge is 0.248 e. The Morgan fingerprint density at radius 2 is 2.09 bits per heavy atom. The van der Waals surface area contributed by atoms with Crippen LogP contribution in [0, 0.1) is 5.92 Å². The fourth-order valence-corrected chi connectivity index (χ4v) is 4.77. The van der Waals surface area contributed by atoms with Crippen molar-refractivity contribution in [2.75, 3.05) is 49.3 Å². The highest BCUT2D eigenvalue weighted by Gasteiger charge is 2.27. The number of morpholine rings is 1. The van der Waals surface area contributed by atoms with Crippen LogP contribution >= 0.6 is 0 Å². The predicted molar refractivity (Wildman–Crippen MR) is 131 cm³/mol. The molecule has 4 heterocycles. The number of aromatic nitrogens is 3. The van der Waals surface area contributed by atoms with E-state index in [2.05, 4.69) is 16.7 Å². The van der Waals surface area contributed by atoms with Crippen molar-refractivity contribution in [3.63, 3.8) is 0 Å². The fraction of sp³-hybridized carbons (Fsp3) is 0.440. The Hall–Kier alpha value is -3.30. The van der Waals surface area contributed by atoms with E-state index < -0.39 is 5.91 Å². The van der Waals surface area contributed by atoms with Gasteiger partial charge in [-0.15, -0.1) is 0 Å². The molecule has 3 aromatic rings. The molecular formula is C25H30N6O3. The van der Waals surface area contributed by atoms with Gasteiger partial charge in [-0.1, -0.05) is 12.1 Å². The minimum Gasteiger partial charge on any atom is -0.396 e. The molecule has 2 atom stereocenters. The molecule has 2 aliphatic heterocycles. The van der Waals surface area contributed by atoms with Crippen molar-refractivity contribution in [3.8, 4) is 11.3 Å². The molecule has 0 radical (unpaired) electrons. The number of nitrogens with two attached hydrogens (primary N) is 1. The lowest BCUT2D eigenvalue weighted by Crippen LogP contribution is -2.44. The number of carbonyl (C=O) groups is 1. The van der Waals surface area contributed by atoms with Crippen LogP contribution < -0.4 is 15.5 Å². The number of primary amides is 1. The summed E-state index contributed by atoms with van der Waals surface area (Å²) in [5.41, 5.74) is 8.03.